The van der Waals surface area contributed by atoms with Crippen molar-refractivity contribution < 1.29 is 0 Å². The normalized spacial score (nSPS) is 9.75. The zero-order chi connectivity index (χ0) is 11.4. The van der Waals surface area contributed by atoms with E-state index in [2.05, 4.69) is 22.8 Å². The van der Waals surface area contributed by atoms with E-state index in [0.29, 0.717) is 0 Å². The molecule has 0 amide bonds. The van der Waals surface area contributed by atoms with Gasteiger partial charge in [-0.1, -0.05) is 18.2 Å². The topological polar surface area (TPSA) is 35.8 Å². The maximum atomic E-state index is 9.07. The zero-order valence-electron chi connectivity index (χ0n) is 9.03. The summed E-state index contributed by atoms with van der Waals surface area (Å²) in [5.41, 5.74) is 2.66. The molecule has 0 saturated carbocycles. The van der Waals surface area contributed by atoms with Gasteiger partial charge < -0.3 is 5.32 Å². The van der Waals surface area contributed by atoms with E-state index in [9.17, 15) is 0 Å². The first-order valence-electron chi connectivity index (χ1n) is 5.07. The van der Waals surface area contributed by atoms with Gasteiger partial charge in [-0.3, -0.25) is 0 Å². The molecule has 0 fully saturated rings. The van der Waals surface area contributed by atoms with Crippen molar-refractivity contribution in [2.75, 3.05) is 5.32 Å². The second-order valence-corrected chi connectivity index (χ2v) is 4.57. The Morgan fingerprint density at radius 3 is 2.88 bits per heavy atom. The van der Waals surface area contributed by atoms with E-state index in [0.717, 1.165) is 23.4 Å². The molecular formula is C13H12N2S. The minimum atomic E-state index is 0.735. The fraction of sp³-hybridized carbons (Fsp3) is 0.154. The Bertz CT molecular complexity index is 509. The highest BCUT2D eigenvalue weighted by Gasteiger charge is 2.04. The second-order valence-electron chi connectivity index (χ2n) is 3.54. The number of rotatable bonds is 3. The third-order valence-corrected chi connectivity index (χ3v) is 3.29. The molecule has 0 aliphatic heterocycles. The van der Waals surface area contributed by atoms with E-state index in [1.807, 2.05) is 31.2 Å². The molecule has 0 aliphatic rings. The monoisotopic (exact) mass is 228 g/mol. The summed E-state index contributed by atoms with van der Waals surface area (Å²) >= 11 is 1.71. The Morgan fingerprint density at radius 1 is 1.31 bits per heavy atom. The number of hydrogen-bond acceptors (Lipinski definition) is 3. The number of anilines is 1. The summed E-state index contributed by atoms with van der Waals surface area (Å²) in [4.78, 5) is 1.27. The van der Waals surface area contributed by atoms with Crippen molar-refractivity contribution in [2.24, 2.45) is 0 Å². The van der Waals surface area contributed by atoms with Gasteiger partial charge in [-0.05, 0) is 30.0 Å². The van der Waals surface area contributed by atoms with Crippen LogP contribution < -0.4 is 5.32 Å². The van der Waals surface area contributed by atoms with E-state index in [-0.39, 0.29) is 0 Å². The summed E-state index contributed by atoms with van der Waals surface area (Å²) in [6, 6.07) is 12.2. The predicted octanol–water partition coefficient (Wildman–Crippen LogP) is 3.54. The quantitative estimate of drug-likeness (QED) is 0.872. The average Bonchev–Trinajstić information content (AvgIpc) is 2.79. The Hall–Kier alpha value is -1.79. The zero-order valence-corrected chi connectivity index (χ0v) is 9.84. The molecule has 2 rings (SSSR count). The first-order chi connectivity index (χ1) is 7.81. The van der Waals surface area contributed by atoms with Crippen molar-refractivity contribution in [3.8, 4) is 6.07 Å². The SMILES string of the molecule is Cc1cccc(NCc2cccs2)c1C#N. The van der Waals surface area contributed by atoms with Crippen LogP contribution in [0.25, 0.3) is 0 Å². The van der Waals surface area contributed by atoms with Crippen LogP contribution in [0.5, 0.6) is 0 Å². The fourth-order valence-corrected chi connectivity index (χ4v) is 2.20. The number of nitrogens with zero attached hydrogens (tertiary/aromatic N) is 1. The Balaban J connectivity index is 2.16. The van der Waals surface area contributed by atoms with E-state index >= 15 is 0 Å². The molecular weight excluding hydrogens is 216 g/mol. The molecule has 1 aromatic carbocycles. The van der Waals surface area contributed by atoms with Crippen LogP contribution in [0.2, 0.25) is 0 Å². The molecule has 0 atom stereocenters. The molecule has 0 spiro atoms. The number of hydrogen-bond donors (Lipinski definition) is 1. The highest BCUT2D eigenvalue weighted by molar-refractivity contribution is 7.09. The molecule has 0 unspecified atom stereocenters. The minimum absolute atomic E-state index is 0.735. The molecule has 16 heavy (non-hydrogen) atoms. The van der Waals surface area contributed by atoms with Crippen molar-refractivity contribution in [3.05, 3.63) is 51.7 Å². The Labute approximate surface area is 99.2 Å². The lowest BCUT2D eigenvalue weighted by molar-refractivity contribution is 1.18. The first-order valence-corrected chi connectivity index (χ1v) is 5.95. The number of thiophene rings is 1. The second kappa shape index (κ2) is 4.82. The lowest BCUT2D eigenvalue weighted by atomic mass is 10.1. The molecule has 0 bridgehead atoms. The standard InChI is InChI=1S/C13H12N2S/c1-10-4-2-6-13(12(10)8-14)15-9-11-5-3-7-16-11/h2-7,15H,9H2,1H3. The highest BCUT2D eigenvalue weighted by Crippen LogP contribution is 2.20. The van der Waals surface area contributed by atoms with Gasteiger partial charge in [-0.2, -0.15) is 5.26 Å². The predicted molar refractivity (Wildman–Crippen MR) is 67.5 cm³/mol. The Kier molecular flexibility index (Phi) is 3.23. The van der Waals surface area contributed by atoms with E-state index < -0.39 is 0 Å². The van der Waals surface area contributed by atoms with Crippen LogP contribution in [0.4, 0.5) is 5.69 Å². The number of benzene rings is 1. The van der Waals surface area contributed by atoms with E-state index in [4.69, 9.17) is 5.26 Å². The third kappa shape index (κ3) is 2.23. The maximum Gasteiger partial charge on any atom is 0.102 e. The highest BCUT2D eigenvalue weighted by atomic mass is 32.1. The number of nitrogens with one attached hydrogen (secondary N) is 1. The molecule has 0 radical (unpaired) electrons. The third-order valence-electron chi connectivity index (χ3n) is 2.42. The van der Waals surface area contributed by atoms with Gasteiger partial charge in [0.2, 0.25) is 0 Å². The number of aryl methyl sites for hydroxylation is 1. The van der Waals surface area contributed by atoms with Gasteiger partial charge in [0.15, 0.2) is 0 Å². The van der Waals surface area contributed by atoms with Crippen LogP contribution in [0.1, 0.15) is 16.0 Å². The van der Waals surface area contributed by atoms with Crippen LogP contribution in [0.15, 0.2) is 35.7 Å². The van der Waals surface area contributed by atoms with Crippen LogP contribution >= 0.6 is 11.3 Å². The van der Waals surface area contributed by atoms with Gasteiger partial charge in [0.1, 0.15) is 6.07 Å². The van der Waals surface area contributed by atoms with Crippen LogP contribution in [0.3, 0.4) is 0 Å². The molecule has 2 aromatic rings. The summed E-state index contributed by atoms with van der Waals surface area (Å²) in [5.74, 6) is 0. The molecule has 0 aliphatic carbocycles. The average molecular weight is 228 g/mol. The van der Waals surface area contributed by atoms with Crippen molar-refractivity contribution in [3.63, 3.8) is 0 Å². The fourth-order valence-electron chi connectivity index (χ4n) is 1.56. The maximum absolute atomic E-state index is 9.07. The van der Waals surface area contributed by atoms with Crippen molar-refractivity contribution in [1.29, 1.82) is 5.26 Å². The smallest absolute Gasteiger partial charge is 0.102 e. The molecule has 2 nitrogen and oxygen atoms in total. The molecule has 1 heterocycles. The van der Waals surface area contributed by atoms with Crippen molar-refractivity contribution >= 4 is 17.0 Å². The van der Waals surface area contributed by atoms with Gasteiger partial charge in [-0.25, -0.2) is 0 Å². The molecule has 1 aromatic heterocycles. The van der Waals surface area contributed by atoms with E-state index in [1.54, 1.807) is 11.3 Å². The van der Waals surface area contributed by atoms with Gasteiger partial charge >= 0.3 is 0 Å². The molecule has 0 saturated heterocycles. The minimum Gasteiger partial charge on any atom is -0.379 e. The Morgan fingerprint density at radius 2 is 2.19 bits per heavy atom. The van der Waals surface area contributed by atoms with Crippen molar-refractivity contribution in [2.45, 2.75) is 13.5 Å². The van der Waals surface area contributed by atoms with Crippen LogP contribution in [-0.4, -0.2) is 0 Å². The summed E-state index contributed by atoms with van der Waals surface area (Å²) < 4.78 is 0. The van der Waals surface area contributed by atoms with Gasteiger partial charge in [0.25, 0.3) is 0 Å². The number of nitriles is 1. The molecule has 3 heteroatoms. The van der Waals surface area contributed by atoms with Crippen LogP contribution in [-0.2, 0) is 6.54 Å². The lowest BCUT2D eigenvalue weighted by Gasteiger charge is -2.08. The summed E-state index contributed by atoms with van der Waals surface area (Å²) in [5, 5.41) is 14.4. The largest absolute Gasteiger partial charge is 0.379 e. The lowest BCUT2D eigenvalue weighted by Crippen LogP contribution is -2.00. The van der Waals surface area contributed by atoms with E-state index in [1.165, 1.54) is 4.88 Å². The molecule has 1 N–H and O–H groups in total. The van der Waals surface area contributed by atoms with Gasteiger partial charge in [-0.15, -0.1) is 11.3 Å². The summed E-state index contributed by atoms with van der Waals surface area (Å²) in [7, 11) is 0. The van der Waals surface area contributed by atoms with Gasteiger partial charge in [0.05, 0.1) is 11.3 Å². The summed E-state index contributed by atoms with van der Waals surface area (Å²) in [6.07, 6.45) is 0. The van der Waals surface area contributed by atoms with Crippen LogP contribution in [0, 0.1) is 18.3 Å². The summed E-state index contributed by atoms with van der Waals surface area (Å²) in [6.45, 7) is 2.73. The first kappa shape index (κ1) is 10.7. The van der Waals surface area contributed by atoms with Gasteiger partial charge in [0, 0.05) is 11.4 Å². The molecule has 80 valence electrons. The van der Waals surface area contributed by atoms with Crippen molar-refractivity contribution in [1.82, 2.24) is 0 Å².